The summed E-state index contributed by atoms with van der Waals surface area (Å²) >= 11 is 4.17. The Morgan fingerprint density at radius 3 is 2.37 bits per heavy atom. The van der Waals surface area contributed by atoms with E-state index in [1.165, 1.54) is 13.2 Å². The van der Waals surface area contributed by atoms with Crippen molar-refractivity contribution in [1.29, 1.82) is 0 Å². The minimum Gasteiger partial charge on any atom is -0.465 e. The Labute approximate surface area is 117 Å². The minimum absolute atomic E-state index is 0.307. The van der Waals surface area contributed by atoms with Crippen molar-refractivity contribution in [2.24, 2.45) is 0 Å². The number of amides is 1. The van der Waals surface area contributed by atoms with Crippen molar-refractivity contribution in [1.82, 2.24) is 0 Å². The molecule has 1 N–H and O–H groups in total. The molecule has 0 aliphatic heterocycles. The lowest BCUT2D eigenvalue weighted by Gasteiger charge is -2.19. The number of hydrogen-bond acceptors (Lipinski definition) is 5. The number of rotatable bonds is 2. The maximum absolute atomic E-state index is 11.6. The van der Waals surface area contributed by atoms with Gasteiger partial charge in [0.1, 0.15) is 5.60 Å². The van der Waals surface area contributed by atoms with E-state index in [0.29, 0.717) is 16.1 Å². The van der Waals surface area contributed by atoms with Crippen LogP contribution in [-0.2, 0) is 9.47 Å². The molecule has 0 saturated carbocycles. The number of carbonyl (C=O) groups is 2. The third kappa shape index (κ3) is 5.21. The third-order valence-corrected chi connectivity index (χ3v) is 2.24. The monoisotopic (exact) mass is 283 g/mol. The summed E-state index contributed by atoms with van der Waals surface area (Å²) in [5.41, 5.74) is 0.136. The quantitative estimate of drug-likeness (QED) is 0.646. The second kappa shape index (κ2) is 5.97. The molecule has 0 atom stereocenters. The molecule has 0 heterocycles. The lowest BCUT2D eigenvalue weighted by atomic mass is 10.2. The number of anilines is 1. The third-order valence-electron chi connectivity index (χ3n) is 1.98. The Bertz CT molecular complexity index is 494. The van der Waals surface area contributed by atoms with Crippen molar-refractivity contribution in [3.8, 4) is 0 Å². The normalized spacial score (nSPS) is 10.8. The zero-order valence-electron chi connectivity index (χ0n) is 11.3. The van der Waals surface area contributed by atoms with Gasteiger partial charge in [-0.15, -0.1) is 12.6 Å². The maximum atomic E-state index is 11.6. The summed E-state index contributed by atoms with van der Waals surface area (Å²) in [6, 6.07) is 4.66. The van der Waals surface area contributed by atoms with Gasteiger partial charge in [0.2, 0.25) is 0 Å². The van der Waals surface area contributed by atoms with Crippen LogP contribution in [-0.4, -0.2) is 24.8 Å². The molecule has 0 fully saturated rings. The van der Waals surface area contributed by atoms with E-state index >= 15 is 0 Å². The topological polar surface area (TPSA) is 64.6 Å². The van der Waals surface area contributed by atoms with Gasteiger partial charge in [-0.2, -0.15) is 0 Å². The largest absolute Gasteiger partial charge is 0.465 e. The Balaban J connectivity index is 2.87. The molecule has 5 nitrogen and oxygen atoms in total. The van der Waals surface area contributed by atoms with Crippen LogP contribution in [0.5, 0.6) is 0 Å². The average Bonchev–Trinajstić information content (AvgIpc) is 2.24. The highest BCUT2D eigenvalue weighted by Gasteiger charge is 2.17. The van der Waals surface area contributed by atoms with Crippen molar-refractivity contribution >= 4 is 30.4 Å². The number of carbonyl (C=O) groups excluding carboxylic acids is 2. The van der Waals surface area contributed by atoms with E-state index in [1.54, 1.807) is 32.9 Å². The van der Waals surface area contributed by atoms with Gasteiger partial charge >= 0.3 is 12.1 Å². The number of hydrogen-bond donors (Lipinski definition) is 2. The number of methoxy groups -OCH3 is 1. The molecule has 0 aromatic heterocycles. The van der Waals surface area contributed by atoms with Crippen LogP contribution in [0.3, 0.4) is 0 Å². The number of benzene rings is 1. The first-order valence-electron chi connectivity index (χ1n) is 5.63. The van der Waals surface area contributed by atoms with E-state index in [1.807, 2.05) is 0 Å². The minimum atomic E-state index is -0.595. The van der Waals surface area contributed by atoms with Crippen molar-refractivity contribution in [2.75, 3.05) is 12.4 Å². The van der Waals surface area contributed by atoms with Crippen LogP contribution in [0.4, 0.5) is 10.5 Å². The first-order valence-corrected chi connectivity index (χ1v) is 6.08. The lowest BCUT2D eigenvalue weighted by molar-refractivity contribution is 0.0596. The fourth-order valence-electron chi connectivity index (χ4n) is 1.34. The SMILES string of the molecule is COC(=O)c1cc(S)cc(NC(=O)OC(C)(C)C)c1. The highest BCUT2D eigenvalue weighted by molar-refractivity contribution is 7.80. The van der Waals surface area contributed by atoms with Gasteiger partial charge in [-0.05, 0) is 39.0 Å². The highest BCUT2D eigenvalue weighted by Crippen LogP contribution is 2.19. The molecule has 0 aliphatic carbocycles. The first-order chi connectivity index (χ1) is 8.71. The van der Waals surface area contributed by atoms with Gasteiger partial charge < -0.3 is 9.47 Å². The molecule has 0 saturated heterocycles. The molecule has 6 heteroatoms. The Kier molecular flexibility index (Phi) is 4.83. The van der Waals surface area contributed by atoms with E-state index in [0.717, 1.165) is 0 Å². The van der Waals surface area contributed by atoms with Gasteiger partial charge in [0.05, 0.1) is 12.7 Å². The van der Waals surface area contributed by atoms with Gasteiger partial charge in [-0.1, -0.05) is 0 Å². The van der Waals surface area contributed by atoms with Gasteiger partial charge in [-0.3, -0.25) is 5.32 Å². The Morgan fingerprint density at radius 1 is 1.21 bits per heavy atom. The molecule has 1 aromatic carbocycles. The molecule has 0 bridgehead atoms. The fourth-order valence-corrected chi connectivity index (χ4v) is 1.62. The summed E-state index contributed by atoms with van der Waals surface area (Å²) in [5.74, 6) is -0.497. The summed E-state index contributed by atoms with van der Waals surface area (Å²) < 4.78 is 9.73. The Hall–Kier alpha value is -1.69. The van der Waals surface area contributed by atoms with E-state index < -0.39 is 17.7 Å². The Morgan fingerprint density at radius 2 is 1.84 bits per heavy atom. The number of ether oxygens (including phenoxy) is 2. The van der Waals surface area contributed by atoms with Crippen molar-refractivity contribution in [3.63, 3.8) is 0 Å². The van der Waals surface area contributed by atoms with Crippen LogP contribution < -0.4 is 5.32 Å². The lowest BCUT2D eigenvalue weighted by Crippen LogP contribution is -2.27. The summed E-state index contributed by atoms with van der Waals surface area (Å²) in [4.78, 5) is 23.6. The molecule has 0 unspecified atom stereocenters. The highest BCUT2D eigenvalue weighted by atomic mass is 32.1. The summed E-state index contributed by atoms with van der Waals surface area (Å²) in [6.45, 7) is 5.30. The van der Waals surface area contributed by atoms with Crippen LogP contribution in [0, 0.1) is 0 Å². The predicted octanol–water partition coefficient (Wildman–Crippen LogP) is 3.11. The molecular formula is C13H17NO4S. The smallest absolute Gasteiger partial charge is 0.412 e. The zero-order valence-corrected chi connectivity index (χ0v) is 12.2. The molecule has 1 amide bonds. The van der Waals surface area contributed by atoms with Crippen molar-refractivity contribution in [3.05, 3.63) is 23.8 Å². The average molecular weight is 283 g/mol. The second-order valence-corrected chi connectivity index (χ2v) is 5.40. The van der Waals surface area contributed by atoms with Gasteiger partial charge in [0, 0.05) is 10.6 Å². The van der Waals surface area contributed by atoms with Gasteiger partial charge in [-0.25, -0.2) is 9.59 Å². The summed E-state index contributed by atoms with van der Waals surface area (Å²) in [5, 5.41) is 2.54. The molecule has 1 aromatic rings. The summed E-state index contributed by atoms with van der Waals surface area (Å²) in [6.07, 6.45) is -0.595. The number of thiol groups is 1. The standard InChI is InChI=1S/C13H17NO4S/c1-13(2,3)18-12(16)14-9-5-8(11(15)17-4)6-10(19)7-9/h5-7,19H,1-4H3,(H,14,16). The van der Waals surface area contributed by atoms with E-state index in [-0.39, 0.29) is 0 Å². The number of nitrogens with one attached hydrogen (secondary N) is 1. The van der Waals surface area contributed by atoms with Crippen LogP contribution in [0.15, 0.2) is 23.1 Å². The van der Waals surface area contributed by atoms with Gasteiger partial charge in [0.15, 0.2) is 0 Å². The van der Waals surface area contributed by atoms with E-state index in [4.69, 9.17) is 4.74 Å². The molecule has 0 spiro atoms. The fraction of sp³-hybridized carbons (Fsp3) is 0.385. The van der Waals surface area contributed by atoms with Gasteiger partial charge in [0.25, 0.3) is 0 Å². The second-order valence-electron chi connectivity index (χ2n) is 4.89. The van der Waals surface area contributed by atoms with E-state index in [2.05, 4.69) is 22.7 Å². The molecule has 1 rings (SSSR count). The number of esters is 1. The van der Waals surface area contributed by atoms with E-state index in [9.17, 15) is 9.59 Å². The molecule has 0 aliphatic rings. The first kappa shape index (κ1) is 15.4. The van der Waals surface area contributed by atoms with Crippen LogP contribution in [0.25, 0.3) is 0 Å². The van der Waals surface area contributed by atoms with Crippen LogP contribution in [0.2, 0.25) is 0 Å². The molecule has 19 heavy (non-hydrogen) atoms. The predicted molar refractivity (Wildman–Crippen MR) is 74.9 cm³/mol. The van der Waals surface area contributed by atoms with Crippen LogP contribution >= 0.6 is 12.6 Å². The summed E-state index contributed by atoms with van der Waals surface area (Å²) in [7, 11) is 1.29. The van der Waals surface area contributed by atoms with Crippen molar-refractivity contribution < 1.29 is 19.1 Å². The van der Waals surface area contributed by atoms with Crippen LogP contribution in [0.1, 0.15) is 31.1 Å². The molecule has 104 valence electrons. The molecule has 0 radical (unpaired) electrons. The maximum Gasteiger partial charge on any atom is 0.412 e. The van der Waals surface area contributed by atoms with Crippen molar-refractivity contribution in [2.45, 2.75) is 31.3 Å². The zero-order chi connectivity index (χ0) is 14.6. The molecular weight excluding hydrogens is 266 g/mol.